The van der Waals surface area contributed by atoms with Gasteiger partial charge >= 0.3 is 0 Å². The molecule has 1 aliphatic carbocycles. The zero-order valence-corrected chi connectivity index (χ0v) is 20.1. The van der Waals surface area contributed by atoms with Gasteiger partial charge in [-0.25, -0.2) is 0 Å². The molecule has 0 fully saturated rings. The number of anilines is 4. The predicted molar refractivity (Wildman–Crippen MR) is 141 cm³/mol. The highest BCUT2D eigenvalue weighted by Crippen LogP contribution is 2.36. The number of carbonyl (C=O) groups is 2. The van der Waals surface area contributed by atoms with E-state index in [-0.39, 0.29) is 17.1 Å². The van der Waals surface area contributed by atoms with Crippen LogP contribution in [0, 0.1) is 0 Å². The van der Waals surface area contributed by atoms with E-state index in [0.29, 0.717) is 28.1 Å². The Morgan fingerprint density at radius 2 is 1.38 bits per heavy atom. The zero-order chi connectivity index (χ0) is 24.1. The topological polar surface area (TPSA) is 75.4 Å². The van der Waals surface area contributed by atoms with E-state index in [4.69, 9.17) is 5.73 Å². The molecule has 176 valence electrons. The van der Waals surface area contributed by atoms with E-state index in [2.05, 4.69) is 36.3 Å². The van der Waals surface area contributed by atoms with Crippen molar-refractivity contribution in [2.24, 2.45) is 0 Å². The molecule has 0 saturated heterocycles. The number of hydrogen-bond donors (Lipinski definition) is 2. The van der Waals surface area contributed by atoms with Gasteiger partial charge in [0.1, 0.15) is 0 Å². The molecule has 0 bridgehead atoms. The first-order chi connectivity index (χ1) is 16.5. The third kappa shape index (κ3) is 4.84. The molecular weight excluding hydrogens is 422 g/mol. The first kappa shape index (κ1) is 23.6. The first-order valence-corrected chi connectivity index (χ1v) is 12.2. The summed E-state index contributed by atoms with van der Waals surface area (Å²) in [5, 5.41) is 3.33. The second-order valence-corrected chi connectivity index (χ2v) is 9.02. The van der Waals surface area contributed by atoms with Gasteiger partial charge in [0.15, 0.2) is 11.6 Å². The number of nitrogens with two attached hydrogens (primary N) is 1. The van der Waals surface area contributed by atoms with Crippen LogP contribution >= 0.6 is 0 Å². The predicted octanol–water partition coefficient (Wildman–Crippen LogP) is 6.58. The van der Waals surface area contributed by atoms with Gasteiger partial charge in [-0.1, -0.05) is 63.3 Å². The van der Waals surface area contributed by atoms with E-state index in [1.165, 1.54) is 38.5 Å². The molecule has 0 unspecified atom stereocenters. The average molecular weight is 456 g/mol. The van der Waals surface area contributed by atoms with Gasteiger partial charge in [-0.2, -0.15) is 0 Å². The Morgan fingerprint density at radius 3 is 2.06 bits per heavy atom. The fourth-order valence-corrected chi connectivity index (χ4v) is 4.57. The number of nitrogens with one attached hydrogen (secondary N) is 1. The zero-order valence-electron chi connectivity index (χ0n) is 20.1. The molecule has 0 amide bonds. The molecule has 5 heteroatoms. The van der Waals surface area contributed by atoms with Crippen LogP contribution in [0.25, 0.3) is 0 Å². The number of nitrogen functional groups attached to an aromatic ring is 1. The third-order valence-electron chi connectivity index (χ3n) is 6.54. The summed E-state index contributed by atoms with van der Waals surface area (Å²) in [5.74, 6) is -0.395. The van der Waals surface area contributed by atoms with Crippen LogP contribution in [-0.4, -0.2) is 25.2 Å². The lowest BCUT2D eigenvalue weighted by molar-refractivity contribution is 0.0980. The minimum Gasteiger partial charge on any atom is -0.398 e. The molecule has 3 N–H and O–H groups in total. The maximum Gasteiger partial charge on any atom is 0.196 e. The summed E-state index contributed by atoms with van der Waals surface area (Å²) in [5.41, 5.74) is 10.5. The fraction of sp³-hybridized carbons (Fsp3) is 0.310. The molecular formula is C29H33N3O2. The van der Waals surface area contributed by atoms with Crippen LogP contribution in [0.2, 0.25) is 0 Å². The molecule has 0 saturated carbocycles. The van der Waals surface area contributed by atoms with E-state index in [0.717, 1.165) is 17.9 Å². The maximum absolute atomic E-state index is 13.3. The second-order valence-electron chi connectivity index (χ2n) is 9.02. The highest BCUT2D eigenvalue weighted by Gasteiger charge is 2.33. The van der Waals surface area contributed by atoms with Crippen molar-refractivity contribution in [3.05, 3.63) is 82.9 Å². The molecule has 0 atom stereocenters. The molecule has 34 heavy (non-hydrogen) atoms. The van der Waals surface area contributed by atoms with Crippen molar-refractivity contribution in [1.82, 2.24) is 0 Å². The van der Waals surface area contributed by atoms with Crippen molar-refractivity contribution >= 4 is 34.3 Å². The minimum absolute atomic E-state index is 0.185. The van der Waals surface area contributed by atoms with Crippen molar-refractivity contribution in [2.75, 3.05) is 29.5 Å². The Balaban J connectivity index is 1.48. The van der Waals surface area contributed by atoms with E-state index >= 15 is 0 Å². The molecule has 0 spiro atoms. The molecule has 1 aliphatic rings. The molecule has 0 radical (unpaired) electrons. The Kier molecular flexibility index (Phi) is 7.31. The summed E-state index contributed by atoms with van der Waals surface area (Å²) in [4.78, 5) is 28.7. The summed E-state index contributed by atoms with van der Waals surface area (Å²) in [6.07, 6.45) is 7.69. The fourth-order valence-electron chi connectivity index (χ4n) is 4.57. The van der Waals surface area contributed by atoms with Crippen LogP contribution in [0.3, 0.4) is 0 Å². The highest BCUT2D eigenvalue weighted by atomic mass is 16.1. The monoisotopic (exact) mass is 455 g/mol. The first-order valence-electron chi connectivity index (χ1n) is 12.2. The molecule has 0 aliphatic heterocycles. The molecule has 3 aromatic rings. The van der Waals surface area contributed by atoms with Crippen molar-refractivity contribution in [3.8, 4) is 0 Å². The van der Waals surface area contributed by atoms with Crippen LogP contribution in [0.5, 0.6) is 0 Å². The van der Waals surface area contributed by atoms with Gasteiger partial charge < -0.3 is 16.0 Å². The lowest BCUT2D eigenvalue weighted by Gasteiger charge is -2.23. The number of unbranched alkanes of at least 4 members (excludes halogenated alkanes) is 5. The maximum atomic E-state index is 13.3. The van der Waals surface area contributed by atoms with Gasteiger partial charge in [-0.3, -0.25) is 9.59 Å². The van der Waals surface area contributed by atoms with Gasteiger partial charge in [-0.15, -0.1) is 0 Å². The molecule has 0 heterocycles. The second kappa shape index (κ2) is 10.6. The van der Waals surface area contributed by atoms with Gasteiger partial charge in [0, 0.05) is 41.8 Å². The third-order valence-corrected chi connectivity index (χ3v) is 6.54. The quantitative estimate of drug-likeness (QED) is 0.208. The Morgan fingerprint density at radius 1 is 0.765 bits per heavy atom. The summed E-state index contributed by atoms with van der Waals surface area (Å²) < 4.78 is 0. The van der Waals surface area contributed by atoms with Crippen molar-refractivity contribution in [1.29, 1.82) is 0 Å². The van der Waals surface area contributed by atoms with Crippen LogP contribution in [0.15, 0.2) is 60.7 Å². The highest BCUT2D eigenvalue weighted by molar-refractivity contribution is 6.31. The molecule has 4 rings (SSSR count). The van der Waals surface area contributed by atoms with E-state index in [1.807, 2.05) is 12.1 Å². The van der Waals surface area contributed by atoms with Crippen LogP contribution in [0.4, 0.5) is 22.7 Å². The summed E-state index contributed by atoms with van der Waals surface area (Å²) >= 11 is 0. The van der Waals surface area contributed by atoms with Gasteiger partial charge in [0.05, 0.1) is 16.8 Å². The number of fused-ring (bicyclic) bond motifs is 2. The molecule has 0 aromatic heterocycles. The number of rotatable bonds is 10. The summed E-state index contributed by atoms with van der Waals surface area (Å²) in [6.45, 7) is 3.27. The average Bonchev–Trinajstić information content (AvgIpc) is 2.86. The smallest absolute Gasteiger partial charge is 0.196 e. The lowest BCUT2D eigenvalue weighted by atomic mass is 9.82. The molecule has 5 nitrogen and oxygen atoms in total. The largest absolute Gasteiger partial charge is 0.398 e. The lowest BCUT2D eigenvalue weighted by Crippen LogP contribution is -2.23. The van der Waals surface area contributed by atoms with Crippen LogP contribution in [0.1, 0.15) is 77.3 Å². The minimum atomic E-state index is -0.210. The molecule has 3 aromatic carbocycles. The summed E-state index contributed by atoms with van der Waals surface area (Å²) in [7, 11) is 2.12. The van der Waals surface area contributed by atoms with E-state index in [1.54, 1.807) is 36.4 Å². The van der Waals surface area contributed by atoms with E-state index < -0.39 is 0 Å². The van der Waals surface area contributed by atoms with Gasteiger partial charge in [-0.05, 0) is 42.8 Å². The number of benzene rings is 3. The van der Waals surface area contributed by atoms with E-state index in [9.17, 15) is 9.59 Å². The van der Waals surface area contributed by atoms with Crippen molar-refractivity contribution < 1.29 is 9.59 Å². The van der Waals surface area contributed by atoms with Crippen molar-refractivity contribution in [3.63, 3.8) is 0 Å². The van der Waals surface area contributed by atoms with Crippen molar-refractivity contribution in [2.45, 2.75) is 45.4 Å². The Labute approximate surface area is 202 Å². The van der Waals surface area contributed by atoms with Gasteiger partial charge in [0.25, 0.3) is 0 Å². The van der Waals surface area contributed by atoms with Crippen LogP contribution < -0.4 is 16.0 Å². The normalized spacial score (nSPS) is 12.3. The Hall–Kier alpha value is -3.60. The number of ketones is 2. The SMILES string of the molecule is CCCCCCCCN(C)c1ccc(Nc2ccc(N)c3c2C(=O)c2ccccc2C3=O)cc1. The number of hydrogen-bond acceptors (Lipinski definition) is 5. The standard InChI is InChI=1S/C29H33N3O2/c1-3-4-5-6-7-10-19-32(2)21-15-13-20(14-16-21)31-25-18-17-24(30)26-27(25)29(34)23-12-9-8-11-22(23)28(26)33/h8-9,11-18,31H,3-7,10,19,30H2,1-2H3. The number of nitrogens with zero attached hydrogens (tertiary/aromatic N) is 1. The number of carbonyl (C=O) groups excluding carboxylic acids is 2. The van der Waals surface area contributed by atoms with Crippen LogP contribution in [-0.2, 0) is 0 Å². The van der Waals surface area contributed by atoms with Gasteiger partial charge in [0.2, 0.25) is 0 Å². The summed E-state index contributed by atoms with van der Waals surface area (Å²) in [6, 6.07) is 18.5. The Bertz CT molecular complexity index is 1180.